The molecule has 6 nitrogen and oxygen atoms in total. The van der Waals surface area contributed by atoms with E-state index in [1.807, 2.05) is 0 Å². The van der Waals surface area contributed by atoms with E-state index in [2.05, 4.69) is 0 Å². The highest BCUT2D eigenvalue weighted by Crippen LogP contribution is 2.13. The van der Waals surface area contributed by atoms with Crippen LogP contribution < -0.4 is 0 Å². The zero-order chi connectivity index (χ0) is 19.7. The molecule has 0 rings (SSSR count). The molecule has 0 aliphatic rings. The van der Waals surface area contributed by atoms with Crippen molar-refractivity contribution in [2.24, 2.45) is 0 Å². The first-order valence-corrected chi connectivity index (χ1v) is 13.5. The standard InChI is InChI=1S/C18H38O6S2/c1-25(19,20)23-17-15-13-11-9-7-5-3-4-6-8-10-12-14-16-18-24-26(2,21)22/h3-18H2,1-2H3. The van der Waals surface area contributed by atoms with Gasteiger partial charge in [-0.3, -0.25) is 8.37 Å². The summed E-state index contributed by atoms with van der Waals surface area (Å²) in [5.74, 6) is 0. The Kier molecular flexibility index (Phi) is 15.7. The maximum absolute atomic E-state index is 10.8. The minimum Gasteiger partial charge on any atom is -0.270 e. The molecule has 0 atom stereocenters. The van der Waals surface area contributed by atoms with Crippen LogP contribution in [0.1, 0.15) is 89.9 Å². The zero-order valence-electron chi connectivity index (χ0n) is 16.6. The molecule has 0 fully saturated rings. The predicted molar refractivity (Wildman–Crippen MR) is 106 cm³/mol. The van der Waals surface area contributed by atoms with Gasteiger partial charge in [0.15, 0.2) is 0 Å². The molecule has 0 amide bonds. The molecule has 0 aromatic heterocycles. The molecule has 0 aliphatic heterocycles. The summed E-state index contributed by atoms with van der Waals surface area (Å²) in [4.78, 5) is 0. The van der Waals surface area contributed by atoms with E-state index in [1.54, 1.807) is 0 Å². The van der Waals surface area contributed by atoms with E-state index in [-0.39, 0.29) is 0 Å². The fourth-order valence-corrected chi connectivity index (χ4v) is 3.59. The molecule has 0 aromatic carbocycles. The highest BCUT2D eigenvalue weighted by atomic mass is 32.2. The number of unbranched alkanes of at least 4 members (excludes halogenated alkanes) is 13. The van der Waals surface area contributed by atoms with Crippen LogP contribution in [-0.2, 0) is 28.6 Å². The summed E-state index contributed by atoms with van der Waals surface area (Å²) in [7, 11) is -6.56. The fourth-order valence-electron chi connectivity index (χ4n) is 2.75. The molecule has 26 heavy (non-hydrogen) atoms. The molecule has 0 unspecified atom stereocenters. The number of hydrogen-bond donors (Lipinski definition) is 0. The molecule has 0 heterocycles. The molecule has 0 saturated carbocycles. The van der Waals surface area contributed by atoms with Gasteiger partial charge in [-0.1, -0.05) is 77.0 Å². The molecule has 0 saturated heterocycles. The van der Waals surface area contributed by atoms with Crippen LogP contribution in [0, 0.1) is 0 Å². The van der Waals surface area contributed by atoms with Crippen LogP contribution in [0.15, 0.2) is 0 Å². The molecule has 0 aromatic rings. The number of hydrogen-bond acceptors (Lipinski definition) is 6. The molecule has 0 N–H and O–H groups in total. The summed E-state index contributed by atoms with van der Waals surface area (Å²) < 4.78 is 52.5. The predicted octanol–water partition coefficient (Wildman–Crippen LogP) is 4.40. The molecule has 0 aliphatic carbocycles. The normalized spacial score (nSPS) is 12.5. The lowest BCUT2D eigenvalue weighted by Crippen LogP contribution is -2.03. The first-order valence-electron chi connectivity index (χ1n) is 9.89. The van der Waals surface area contributed by atoms with Crippen LogP contribution in [-0.4, -0.2) is 42.6 Å². The Morgan fingerprint density at radius 1 is 0.423 bits per heavy atom. The van der Waals surface area contributed by atoms with Gasteiger partial charge in [-0.25, -0.2) is 0 Å². The lowest BCUT2D eigenvalue weighted by Gasteiger charge is -2.04. The van der Waals surface area contributed by atoms with E-state index in [4.69, 9.17) is 8.37 Å². The summed E-state index contributed by atoms with van der Waals surface area (Å²) >= 11 is 0. The second kappa shape index (κ2) is 15.8. The zero-order valence-corrected chi connectivity index (χ0v) is 18.2. The Labute approximate surface area is 161 Å². The first-order chi connectivity index (χ1) is 12.2. The van der Waals surface area contributed by atoms with Gasteiger partial charge in [0.1, 0.15) is 0 Å². The minimum atomic E-state index is -3.28. The summed E-state index contributed by atoms with van der Waals surface area (Å²) in [6.07, 6.45) is 18.3. The molecule has 0 radical (unpaired) electrons. The van der Waals surface area contributed by atoms with Crippen molar-refractivity contribution in [1.82, 2.24) is 0 Å². The van der Waals surface area contributed by atoms with Crippen molar-refractivity contribution >= 4 is 20.2 Å². The van der Waals surface area contributed by atoms with Gasteiger partial charge in [0.05, 0.1) is 25.7 Å². The SMILES string of the molecule is CS(=O)(=O)OCCCCCCCCCCCCCCCCOS(C)(=O)=O. The third kappa shape index (κ3) is 23.8. The summed E-state index contributed by atoms with van der Waals surface area (Å²) in [6, 6.07) is 0. The fraction of sp³-hybridized carbons (Fsp3) is 1.00. The minimum absolute atomic E-state index is 0.309. The molecular weight excluding hydrogens is 376 g/mol. The Hall–Kier alpha value is -0.180. The van der Waals surface area contributed by atoms with Crippen LogP contribution in [0.2, 0.25) is 0 Å². The summed E-state index contributed by atoms with van der Waals surface area (Å²) in [5, 5.41) is 0. The summed E-state index contributed by atoms with van der Waals surface area (Å²) in [5.41, 5.74) is 0. The molecule has 158 valence electrons. The Balaban J connectivity index is 3.11. The largest absolute Gasteiger partial charge is 0.270 e. The van der Waals surface area contributed by atoms with Crippen LogP contribution in [0.4, 0.5) is 0 Å². The second-order valence-corrected chi connectivity index (χ2v) is 10.3. The molecule has 0 spiro atoms. The molecule has 8 heteroatoms. The van der Waals surface area contributed by atoms with Crippen molar-refractivity contribution in [3.8, 4) is 0 Å². The Morgan fingerprint density at radius 3 is 0.808 bits per heavy atom. The topological polar surface area (TPSA) is 86.7 Å². The van der Waals surface area contributed by atoms with E-state index in [9.17, 15) is 16.8 Å². The van der Waals surface area contributed by atoms with Gasteiger partial charge >= 0.3 is 0 Å². The van der Waals surface area contributed by atoms with Gasteiger partial charge in [0.2, 0.25) is 0 Å². The van der Waals surface area contributed by atoms with Crippen molar-refractivity contribution in [3.05, 3.63) is 0 Å². The monoisotopic (exact) mass is 414 g/mol. The van der Waals surface area contributed by atoms with Gasteiger partial charge in [-0.05, 0) is 12.8 Å². The van der Waals surface area contributed by atoms with E-state index in [0.29, 0.717) is 13.2 Å². The van der Waals surface area contributed by atoms with Gasteiger partial charge in [0.25, 0.3) is 20.2 Å². The van der Waals surface area contributed by atoms with E-state index >= 15 is 0 Å². The maximum atomic E-state index is 10.8. The van der Waals surface area contributed by atoms with Crippen molar-refractivity contribution in [1.29, 1.82) is 0 Å². The average Bonchev–Trinajstić information content (AvgIpc) is 2.51. The van der Waals surface area contributed by atoms with E-state index in [0.717, 1.165) is 51.0 Å². The first kappa shape index (κ1) is 25.8. The third-order valence-electron chi connectivity index (χ3n) is 4.13. The van der Waals surface area contributed by atoms with Crippen molar-refractivity contribution in [2.75, 3.05) is 25.7 Å². The molecule has 0 bridgehead atoms. The van der Waals surface area contributed by atoms with Gasteiger partial charge in [-0.2, -0.15) is 16.8 Å². The van der Waals surface area contributed by atoms with Crippen molar-refractivity contribution < 1.29 is 25.2 Å². The van der Waals surface area contributed by atoms with Gasteiger partial charge < -0.3 is 0 Å². The Morgan fingerprint density at radius 2 is 0.615 bits per heavy atom. The van der Waals surface area contributed by atoms with Crippen LogP contribution >= 0.6 is 0 Å². The van der Waals surface area contributed by atoms with Crippen LogP contribution in [0.5, 0.6) is 0 Å². The van der Waals surface area contributed by atoms with Crippen LogP contribution in [0.25, 0.3) is 0 Å². The quantitative estimate of drug-likeness (QED) is 0.230. The second-order valence-electron chi connectivity index (χ2n) is 7.00. The lowest BCUT2D eigenvalue weighted by molar-refractivity contribution is 0.308. The highest BCUT2D eigenvalue weighted by molar-refractivity contribution is 7.86. The highest BCUT2D eigenvalue weighted by Gasteiger charge is 2.01. The number of rotatable bonds is 19. The average molecular weight is 415 g/mol. The van der Waals surface area contributed by atoms with E-state index in [1.165, 1.54) is 51.4 Å². The lowest BCUT2D eigenvalue weighted by atomic mass is 10.0. The Bertz CT molecular complexity index is 466. The van der Waals surface area contributed by atoms with E-state index < -0.39 is 20.2 Å². The van der Waals surface area contributed by atoms with Crippen molar-refractivity contribution in [3.63, 3.8) is 0 Å². The van der Waals surface area contributed by atoms with Crippen molar-refractivity contribution in [2.45, 2.75) is 89.9 Å². The molecular formula is C18H38O6S2. The van der Waals surface area contributed by atoms with Gasteiger partial charge in [-0.15, -0.1) is 0 Å². The maximum Gasteiger partial charge on any atom is 0.264 e. The third-order valence-corrected chi connectivity index (χ3v) is 5.32. The smallest absolute Gasteiger partial charge is 0.264 e. The van der Waals surface area contributed by atoms with Crippen LogP contribution in [0.3, 0.4) is 0 Å². The summed E-state index contributed by atoms with van der Waals surface area (Å²) in [6.45, 7) is 0.618. The van der Waals surface area contributed by atoms with Gasteiger partial charge in [0, 0.05) is 0 Å².